The Hall–Kier alpha value is -2.62. The van der Waals surface area contributed by atoms with E-state index in [0.29, 0.717) is 18.8 Å². The number of benzene rings is 2. The molecule has 1 aliphatic heterocycles. The van der Waals surface area contributed by atoms with Crippen LogP contribution in [-0.4, -0.2) is 16.4 Å². The van der Waals surface area contributed by atoms with Gasteiger partial charge in [0, 0.05) is 28.2 Å². The first-order valence-corrected chi connectivity index (χ1v) is 8.42. The van der Waals surface area contributed by atoms with Crippen LogP contribution in [0.5, 0.6) is 0 Å². The number of rotatable bonds is 2. The van der Waals surface area contributed by atoms with Crippen molar-refractivity contribution in [3.8, 4) is 0 Å². The Morgan fingerprint density at radius 2 is 1.79 bits per heavy atom. The number of para-hydroxylation sites is 1. The lowest BCUT2D eigenvalue weighted by Crippen LogP contribution is -2.41. The van der Waals surface area contributed by atoms with Gasteiger partial charge in [0.15, 0.2) is 0 Å². The van der Waals surface area contributed by atoms with Crippen molar-refractivity contribution in [2.75, 3.05) is 0 Å². The molecule has 1 N–H and O–H groups in total. The maximum absolute atomic E-state index is 12.4. The Balaban J connectivity index is 1.99. The number of nitrogens with one attached hydrogen (secondary N) is 1. The molecule has 0 aliphatic carbocycles. The smallest absolute Gasteiger partial charge is 0.249 e. The highest BCUT2D eigenvalue weighted by molar-refractivity contribution is 6.10. The molecule has 1 atom stereocenters. The van der Waals surface area contributed by atoms with Crippen molar-refractivity contribution >= 4 is 33.6 Å². The minimum Gasteiger partial charge on any atom is -0.328 e. The number of imide groups is 1. The van der Waals surface area contributed by atoms with E-state index < -0.39 is 0 Å². The van der Waals surface area contributed by atoms with E-state index in [4.69, 9.17) is 0 Å². The second-order valence-electron chi connectivity index (χ2n) is 6.79. The predicted molar refractivity (Wildman–Crippen MR) is 95.0 cm³/mol. The van der Waals surface area contributed by atoms with Crippen LogP contribution in [0.25, 0.3) is 21.8 Å². The topological polar surface area (TPSA) is 51.1 Å². The largest absolute Gasteiger partial charge is 0.328 e. The molecule has 0 saturated carbocycles. The minimum absolute atomic E-state index is 0.181. The SMILES string of the molecule is CC(C)c1ccc2c(c1)c1ccccc1n2C1CCC(=O)NC1=O. The molecule has 0 spiro atoms. The van der Waals surface area contributed by atoms with Crippen LogP contribution in [-0.2, 0) is 9.59 Å². The number of aromatic nitrogens is 1. The fraction of sp³-hybridized carbons (Fsp3) is 0.300. The van der Waals surface area contributed by atoms with Gasteiger partial charge in [-0.25, -0.2) is 0 Å². The van der Waals surface area contributed by atoms with Gasteiger partial charge < -0.3 is 4.57 Å². The minimum atomic E-state index is -0.338. The number of fused-ring (bicyclic) bond motifs is 3. The molecule has 1 saturated heterocycles. The zero-order valence-corrected chi connectivity index (χ0v) is 13.9. The van der Waals surface area contributed by atoms with Gasteiger partial charge in [-0.3, -0.25) is 14.9 Å². The molecule has 1 fully saturated rings. The van der Waals surface area contributed by atoms with E-state index in [0.717, 1.165) is 16.4 Å². The number of amides is 2. The Kier molecular flexibility index (Phi) is 3.41. The van der Waals surface area contributed by atoms with E-state index in [2.05, 4.69) is 48.0 Å². The Labute approximate surface area is 140 Å². The molecule has 24 heavy (non-hydrogen) atoms. The fourth-order valence-electron chi connectivity index (χ4n) is 3.64. The van der Waals surface area contributed by atoms with Gasteiger partial charge in [-0.2, -0.15) is 0 Å². The molecule has 3 aromatic rings. The van der Waals surface area contributed by atoms with Crippen LogP contribution in [0.3, 0.4) is 0 Å². The van der Waals surface area contributed by atoms with Gasteiger partial charge in [0.1, 0.15) is 6.04 Å². The predicted octanol–water partition coefficient (Wildman–Crippen LogP) is 3.90. The second-order valence-corrected chi connectivity index (χ2v) is 6.79. The van der Waals surface area contributed by atoms with Gasteiger partial charge >= 0.3 is 0 Å². The van der Waals surface area contributed by atoms with Crippen molar-refractivity contribution in [2.24, 2.45) is 0 Å². The van der Waals surface area contributed by atoms with Gasteiger partial charge in [0.2, 0.25) is 11.8 Å². The number of carbonyl (C=O) groups excluding carboxylic acids is 2. The van der Waals surface area contributed by atoms with Crippen LogP contribution in [0.4, 0.5) is 0 Å². The molecule has 2 aromatic carbocycles. The van der Waals surface area contributed by atoms with Gasteiger partial charge in [-0.1, -0.05) is 38.1 Å². The number of hydrogen-bond acceptors (Lipinski definition) is 2. The summed E-state index contributed by atoms with van der Waals surface area (Å²) in [5.74, 6) is 0.0630. The normalized spacial score (nSPS) is 18.5. The van der Waals surface area contributed by atoms with Crippen molar-refractivity contribution < 1.29 is 9.59 Å². The third-order valence-corrected chi connectivity index (χ3v) is 4.92. The number of nitrogens with zero attached hydrogens (tertiary/aromatic N) is 1. The molecule has 0 radical (unpaired) electrons. The molecule has 1 aromatic heterocycles. The lowest BCUT2D eigenvalue weighted by atomic mass is 10.0. The quantitative estimate of drug-likeness (QED) is 0.728. The number of piperidine rings is 1. The lowest BCUT2D eigenvalue weighted by molar-refractivity contribution is -0.135. The van der Waals surface area contributed by atoms with E-state index in [1.54, 1.807) is 0 Å². The molecule has 2 heterocycles. The highest BCUT2D eigenvalue weighted by Crippen LogP contribution is 2.35. The highest BCUT2D eigenvalue weighted by atomic mass is 16.2. The Morgan fingerprint density at radius 3 is 2.54 bits per heavy atom. The summed E-state index contributed by atoms with van der Waals surface area (Å²) < 4.78 is 2.09. The summed E-state index contributed by atoms with van der Waals surface area (Å²) in [6.45, 7) is 4.36. The summed E-state index contributed by atoms with van der Waals surface area (Å²) >= 11 is 0. The zero-order valence-electron chi connectivity index (χ0n) is 13.9. The summed E-state index contributed by atoms with van der Waals surface area (Å²) in [7, 11) is 0. The standard InChI is InChI=1S/C20H20N2O2/c1-12(2)13-7-8-17-15(11-13)14-5-3-4-6-16(14)22(17)18-9-10-19(23)21-20(18)24/h3-8,11-12,18H,9-10H2,1-2H3,(H,21,23,24). The van der Waals surface area contributed by atoms with E-state index in [1.165, 1.54) is 10.9 Å². The van der Waals surface area contributed by atoms with E-state index in [1.807, 2.05) is 18.2 Å². The average molecular weight is 320 g/mol. The van der Waals surface area contributed by atoms with Crippen LogP contribution in [0.15, 0.2) is 42.5 Å². The van der Waals surface area contributed by atoms with Gasteiger partial charge in [0.25, 0.3) is 0 Å². The first kappa shape index (κ1) is 14.9. The van der Waals surface area contributed by atoms with Crippen molar-refractivity contribution in [1.29, 1.82) is 0 Å². The molecular formula is C20H20N2O2. The summed E-state index contributed by atoms with van der Waals surface area (Å²) in [6.07, 6.45) is 0.929. The Morgan fingerprint density at radius 1 is 1.04 bits per heavy atom. The fourth-order valence-corrected chi connectivity index (χ4v) is 3.64. The summed E-state index contributed by atoms with van der Waals surface area (Å²) in [4.78, 5) is 23.9. The van der Waals surface area contributed by atoms with E-state index in [-0.39, 0.29) is 17.9 Å². The van der Waals surface area contributed by atoms with Crippen LogP contribution in [0.2, 0.25) is 0 Å². The third-order valence-electron chi connectivity index (χ3n) is 4.92. The molecule has 4 heteroatoms. The number of carbonyl (C=O) groups is 2. The van der Waals surface area contributed by atoms with Gasteiger partial charge in [-0.05, 0) is 36.1 Å². The maximum Gasteiger partial charge on any atom is 0.249 e. The molecule has 122 valence electrons. The van der Waals surface area contributed by atoms with Gasteiger partial charge in [-0.15, -0.1) is 0 Å². The van der Waals surface area contributed by atoms with Crippen LogP contribution >= 0.6 is 0 Å². The van der Waals surface area contributed by atoms with Gasteiger partial charge in [0.05, 0.1) is 0 Å². The lowest BCUT2D eigenvalue weighted by Gasteiger charge is -2.24. The maximum atomic E-state index is 12.4. The zero-order chi connectivity index (χ0) is 16.8. The van der Waals surface area contributed by atoms with Crippen LogP contribution < -0.4 is 5.32 Å². The van der Waals surface area contributed by atoms with Crippen molar-refractivity contribution in [1.82, 2.24) is 9.88 Å². The van der Waals surface area contributed by atoms with Crippen molar-refractivity contribution in [3.05, 3.63) is 48.0 Å². The molecule has 4 rings (SSSR count). The first-order valence-electron chi connectivity index (χ1n) is 8.42. The van der Waals surface area contributed by atoms with E-state index in [9.17, 15) is 9.59 Å². The highest BCUT2D eigenvalue weighted by Gasteiger charge is 2.30. The summed E-state index contributed by atoms with van der Waals surface area (Å²) in [5, 5.41) is 4.80. The molecule has 1 unspecified atom stereocenters. The molecular weight excluding hydrogens is 300 g/mol. The molecule has 4 nitrogen and oxygen atoms in total. The third kappa shape index (κ3) is 2.21. The molecule has 1 aliphatic rings. The second kappa shape index (κ2) is 5.48. The first-order chi connectivity index (χ1) is 11.6. The molecule has 2 amide bonds. The van der Waals surface area contributed by atoms with Crippen molar-refractivity contribution in [2.45, 2.75) is 38.6 Å². The average Bonchev–Trinajstić information content (AvgIpc) is 2.89. The van der Waals surface area contributed by atoms with E-state index >= 15 is 0 Å². The molecule has 0 bridgehead atoms. The monoisotopic (exact) mass is 320 g/mol. The summed E-state index contributed by atoms with van der Waals surface area (Å²) in [6, 6.07) is 14.3. The van der Waals surface area contributed by atoms with Crippen LogP contribution in [0, 0.1) is 0 Å². The van der Waals surface area contributed by atoms with Crippen LogP contribution in [0.1, 0.15) is 44.2 Å². The number of hydrogen-bond donors (Lipinski definition) is 1. The van der Waals surface area contributed by atoms with Crippen molar-refractivity contribution in [3.63, 3.8) is 0 Å². The summed E-state index contributed by atoms with van der Waals surface area (Å²) in [5.41, 5.74) is 3.38. The Bertz CT molecular complexity index is 968.